The minimum atomic E-state index is -0.742. The second-order valence-corrected chi connectivity index (χ2v) is 5.97. The smallest absolute Gasteiger partial charge is 0.239 e. The fourth-order valence-electron chi connectivity index (χ4n) is 2.27. The van der Waals surface area contributed by atoms with Crippen LogP contribution in [0.2, 0.25) is 0 Å². The average Bonchev–Trinajstić information content (AvgIpc) is 2.83. The molecule has 1 aliphatic carbocycles. The minimum absolute atomic E-state index is 0.0179. The lowest BCUT2D eigenvalue weighted by Gasteiger charge is -2.26. The van der Waals surface area contributed by atoms with Gasteiger partial charge in [0.05, 0.1) is 16.9 Å². The predicted molar refractivity (Wildman–Crippen MR) is 78.5 cm³/mol. The maximum absolute atomic E-state index is 12.2. The minimum Gasteiger partial charge on any atom is -0.392 e. The fourth-order valence-corrected chi connectivity index (χ4v) is 2.57. The van der Waals surface area contributed by atoms with E-state index in [1.165, 1.54) is 0 Å². The fraction of sp³-hybridized carbons (Fsp3) is 0.769. The molecule has 0 atom stereocenters. The number of thiocarbonyl (C=S) groups is 1. The maximum Gasteiger partial charge on any atom is 0.239 e. The summed E-state index contributed by atoms with van der Waals surface area (Å²) in [5.74, 6) is -0.00669. The van der Waals surface area contributed by atoms with E-state index >= 15 is 0 Å². The Morgan fingerprint density at radius 1 is 1.26 bits per heavy atom. The first-order chi connectivity index (χ1) is 8.88. The molecule has 1 saturated carbocycles. The van der Waals surface area contributed by atoms with E-state index in [1.54, 1.807) is 0 Å². The van der Waals surface area contributed by atoms with Gasteiger partial charge in [-0.3, -0.25) is 9.59 Å². The number of carbonyl (C=O) groups excluding carboxylic acids is 2. The average molecular weight is 285 g/mol. The summed E-state index contributed by atoms with van der Waals surface area (Å²) in [6, 6.07) is 0. The van der Waals surface area contributed by atoms with Crippen molar-refractivity contribution in [3.8, 4) is 0 Å². The van der Waals surface area contributed by atoms with Crippen LogP contribution in [0.25, 0.3) is 0 Å². The van der Waals surface area contributed by atoms with Gasteiger partial charge in [0.25, 0.3) is 0 Å². The molecule has 2 amide bonds. The van der Waals surface area contributed by atoms with Crippen molar-refractivity contribution in [1.82, 2.24) is 10.6 Å². The first-order valence-electron chi connectivity index (χ1n) is 6.73. The molecule has 0 saturated heterocycles. The Hall–Kier alpha value is -1.17. The largest absolute Gasteiger partial charge is 0.392 e. The molecule has 0 aromatic heterocycles. The van der Waals surface area contributed by atoms with Crippen LogP contribution < -0.4 is 16.4 Å². The molecular formula is C13H23N3O2S. The Balaban J connectivity index is 2.46. The van der Waals surface area contributed by atoms with Crippen LogP contribution in [0.5, 0.6) is 0 Å². The van der Waals surface area contributed by atoms with Gasteiger partial charge in [-0.2, -0.15) is 0 Å². The molecule has 1 rings (SSSR count). The third kappa shape index (κ3) is 4.16. The molecular weight excluding hydrogens is 262 g/mol. The van der Waals surface area contributed by atoms with Gasteiger partial charge < -0.3 is 16.4 Å². The maximum atomic E-state index is 12.2. The highest BCUT2D eigenvalue weighted by molar-refractivity contribution is 7.80. The summed E-state index contributed by atoms with van der Waals surface area (Å²) in [5, 5.41) is 5.40. The van der Waals surface area contributed by atoms with Crippen molar-refractivity contribution in [2.45, 2.75) is 39.5 Å². The van der Waals surface area contributed by atoms with E-state index in [4.69, 9.17) is 18.0 Å². The summed E-state index contributed by atoms with van der Waals surface area (Å²) < 4.78 is 0. The van der Waals surface area contributed by atoms with Crippen LogP contribution in [0.4, 0.5) is 0 Å². The van der Waals surface area contributed by atoms with Crippen LogP contribution in [0, 0.1) is 11.3 Å². The molecule has 19 heavy (non-hydrogen) atoms. The lowest BCUT2D eigenvalue weighted by Crippen LogP contribution is -2.49. The summed E-state index contributed by atoms with van der Waals surface area (Å²) in [6.07, 6.45) is 3.26. The highest BCUT2D eigenvalue weighted by Gasteiger charge is 2.43. The van der Waals surface area contributed by atoms with Gasteiger partial charge in [0.15, 0.2) is 0 Å². The first-order valence-corrected chi connectivity index (χ1v) is 7.14. The number of hydrogen-bond acceptors (Lipinski definition) is 3. The topological polar surface area (TPSA) is 84.2 Å². The summed E-state index contributed by atoms with van der Waals surface area (Å²) >= 11 is 5.03. The van der Waals surface area contributed by atoms with Crippen molar-refractivity contribution in [1.29, 1.82) is 0 Å². The third-order valence-electron chi connectivity index (χ3n) is 3.48. The summed E-state index contributed by atoms with van der Waals surface area (Å²) in [4.78, 5) is 24.0. The summed E-state index contributed by atoms with van der Waals surface area (Å²) in [6.45, 7) is 4.61. The van der Waals surface area contributed by atoms with Crippen molar-refractivity contribution in [3.63, 3.8) is 0 Å². The van der Waals surface area contributed by atoms with E-state index in [0.717, 1.165) is 12.8 Å². The van der Waals surface area contributed by atoms with Gasteiger partial charge in [-0.25, -0.2) is 0 Å². The van der Waals surface area contributed by atoms with Crippen molar-refractivity contribution in [2.75, 3.05) is 13.1 Å². The lowest BCUT2D eigenvalue weighted by atomic mass is 9.85. The Morgan fingerprint density at radius 2 is 1.84 bits per heavy atom. The van der Waals surface area contributed by atoms with Gasteiger partial charge >= 0.3 is 0 Å². The summed E-state index contributed by atoms with van der Waals surface area (Å²) in [5.41, 5.74) is 4.97. The van der Waals surface area contributed by atoms with Crippen molar-refractivity contribution < 1.29 is 9.59 Å². The predicted octanol–water partition coefficient (Wildman–Crippen LogP) is 0.721. The van der Waals surface area contributed by atoms with Gasteiger partial charge in [0.1, 0.15) is 0 Å². The van der Waals surface area contributed by atoms with E-state index in [1.807, 2.05) is 13.8 Å². The van der Waals surface area contributed by atoms with E-state index in [-0.39, 0.29) is 23.3 Å². The van der Waals surface area contributed by atoms with Crippen LogP contribution in [0.15, 0.2) is 0 Å². The monoisotopic (exact) mass is 285 g/mol. The molecule has 0 aliphatic heterocycles. The number of rotatable bonds is 6. The van der Waals surface area contributed by atoms with E-state index < -0.39 is 5.41 Å². The highest BCUT2D eigenvalue weighted by atomic mass is 32.1. The van der Waals surface area contributed by atoms with E-state index in [2.05, 4.69) is 10.6 Å². The molecule has 0 unspecified atom stereocenters. The van der Waals surface area contributed by atoms with Crippen LogP contribution in [-0.4, -0.2) is 29.9 Å². The van der Waals surface area contributed by atoms with Crippen LogP contribution in [0.3, 0.4) is 0 Å². The van der Waals surface area contributed by atoms with Crippen molar-refractivity contribution in [3.05, 3.63) is 0 Å². The zero-order chi connectivity index (χ0) is 14.5. The first kappa shape index (κ1) is 15.9. The molecule has 0 aromatic rings. The zero-order valence-corrected chi connectivity index (χ0v) is 12.4. The third-order valence-corrected chi connectivity index (χ3v) is 3.87. The molecule has 0 heterocycles. The molecule has 4 N–H and O–H groups in total. The Kier molecular flexibility index (Phi) is 5.72. The number of nitrogens with two attached hydrogens (primary N) is 1. The van der Waals surface area contributed by atoms with Crippen LogP contribution >= 0.6 is 12.2 Å². The van der Waals surface area contributed by atoms with Crippen molar-refractivity contribution in [2.24, 2.45) is 17.1 Å². The highest BCUT2D eigenvalue weighted by Crippen LogP contribution is 2.38. The van der Waals surface area contributed by atoms with Gasteiger partial charge in [-0.1, -0.05) is 38.9 Å². The van der Waals surface area contributed by atoms with Crippen molar-refractivity contribution >= 4 is 29.0 Å². The molecule has 6 heteroatoms. The molecule has 0 bridgehead atoms. The Bertz CT molecular complexity index is 363. The van der Waals surface area contributed by atoms with Gasteiger partial charge in [0.2, 0.25) is 11.8 Å². The SMILES string of the molecule is CC(C)CNC(=O)CNC(=O)C1(C(N)=S)CCCC1. The Morgan fingerprint density at radius 3 is 2.32 bits per heavy atom. The normalized spacial score (nSPS) is 17.2. The standard InChI is InChI=1S/C13H23N3O2S/c1-9(2)7-15-10(17)8-16-12(18)13(11(14)19)5-3-4-6-13/h9H,3-8H2,1-2H3,(H2,14,19)(H,15,17)(H,16,18). The van der Waals surface area contributed by atoms with Gasteiger partial charge in [0, 0.05) is 6.54 Å². The Labute approximate surface area is 119 Å². The molecule has 5 nitrogen and oxygen atoms in total. The zero-order valence-electron chi connectivity index (χ0n) is 11.6. The molecule has 0 spiro atoms. The second kappa shape index (κ2) is 6.84. The number of carbonyl (C=O) groups is 2. The number of hydrogen-bond donors (Lipinski definition) is 3. The molecule has 1 aliphatic rings. The number of amides is 2. The second-order valence-electron chi connectivity index (χ2n) is 5.53. The molecule has 1 fully saturated rings. The van der Waals surface area contributed by atoms with Gasteiger partial charge in [-0.15, -0.1) is 0 Å². The lowest BCUT2D eigenvalue weighted by molar-refractivity contribution is -0.130. The van der Waals surface area contributed by atoms with E-state index in [9.17, 15) is 9.59 Å². The van der Waals surface area contributed by atoms with Crippen LogP contribution in [0.1, 0.15) is 39.5 Å². The molecule has 0 aromatic carbocycles. The summed E-state index contributed by atoms with van der Waals surface area (Å²) in [7, 11) is 0. The molecule has 108 valence electrons. The van der Waals surface area contributed by atoms with Crippen LogP contribution in [-0.2, 0) is 9.59 Å². The van der Waals surface area contributed by atoms with Gasteiger partial charge in [-0.05, 0) is 18.8 Å². The van der Waals surface area contributed by atoms with E-state index in [0.29, 0.717) is 25.3 Å². The molecule has 0 radical (unpaired) electrons. The number of nitrogens with one attached hydrogen (secondary N) is 2. The quantitative estimate of drug-likeness (QED) is 0.628.